The molecule has 0 saturated carbocycles. The molecule has 3 N–H and O–H groups in total. The molecule has 6 nitrogen and oxygen atoms in total. The zero-order valence-electron chi connectivity index (χ0n) is 15.9. The second kappa shape index (κ2) is 12.2. The number of aliphatic imine (C=N–C) groups is 1. The van der Waals surface area contributed by atoms with Gasteiger partial charge in [0.1, 0.15) is 5.75 Å². The van der Waals surface area contributed by atoms with Crippen LogP contribution >= 0.6 is 0 Å². The van der Waals surface area contributed by atoms with E-state index in [9.17, 15) is 4.79 Å². The van der Waals surface area contributed by atoms with Crippen molar-refractivity contribution in [2.24, 2.45) is 4.99 Å². The number of benzene rings is 1. The first-order chi connectivity index (χ1) is 12.1. The smallest absolute Gasteiger partial charge is 0.221 e. The zero-order valence-corrected chi connectivity index (χ0v) is 15.9. The molecular weight excluding hydrogens is 316 g/mol. The minimum absolute atomic E-state index is 0.124. The van der Waals surface area contributed by atoms with E-state index in [-0.39, 0.29) is 5.91 Å². The van der Waals surface area contributed by atoms with Gasteiger partial charge in [0.15, 0.2) is 5.96 Å². The molecule has 0 aromatic heterocycles. The fourth-order valence-corrected chi connectivity index (χ4v) is 2.41. The summed E-state index contributed by atoms with van der Waals surface area (Å²) in [7, 11) is 1.59. The Bertz CT molecular complexity index is 558. The maximum absolute atomic E-state index is 11.3. The number of hydrogen-bond acceptors (Lipinski definition) is 3. The van der Waals surface area contributed by atoms with E-state index in [1.54, 1.807) is 7.11 Å². The number of amides is 1. The highest BCUT2D eigenvalue weighted by atomic mass is 16.5. The number of hydrogen-bond donors (Lipinski definition) is 3. The first-order valence-electron chi connectivity index (χ1n) is 9.07. The Balaban J connectivity index is 2.69. The van der Waals surface area contributed by atoms with Crippen LogP contribution in [0.25, 0.3) is 0 Å². The minimum atomic E-state index is -0.124. The highest BCUT2D eigenvalue weighted by Crippen LogP contribution is 2.25. The standard InChI is InChI=1S/C19H32N4O2/c1-5-7-8-9-12-21-19(20-6-2)22-14-16-10-11-18(25-4)17(13-16)23-15(3)24/h10-11,13H,5-9,12,14H2,1-4H3,(H,23,24)(H2,20,21,22). The molecule has 0 atom stereocenters. The van der Waals surface area contributed by atoms with Gasteiger partial charge in [-0.2, -0.15) is 0 Å². The Morgan fingerprint density at radius 3 is 2.60 bits per heavy atom. The van der Waals surface area contributed by atoms with E-state index in [1.165, 1.54) is 26.2 Å². The van der Waals surface area contributed by atoms with Crippen LogP contribution in [0.3, 0.4) is 0 Å². The van der Waals surface area contributed by atoms with Crippen molar-refractivity contribution in [3.8, 4) is 5.75 Å². The fraction of sp³-hybridized carbons (Fsp3) is 0.579. The molecule has 0 unspecified atom stereocenters. The Kier molecular flexibility index (Phi) is 10.1. The Morgan fingerprint density at radius 2 is 1.96 bits per heavy atom. The molecule has 0 radical (unpaired) electrons. The lowest BCUT2D eigenvalue weighted by Gasteiger charge is -2.12. The van der Waals surface area contributed by atoms with Crippen LogP contribution in [0.1, 0.15) is 52.0 Å². The topological polar surface area (TPSA) is 74.8 Å². The van der Waals surface area contributed by atoms with Crippen molar-refractivity contribution in [3.05, 3.63) is 23.8 Å². The molecule has 0 spiro atoms. The third-order valence-electron chi connectivity index (χ3n) is 3.66. The summed E-state index contributed by atoms with van der Waals surface area (Å²) in [5, 5.41) is 9.41. The van der Waals surface area contributed by atoms with Gasteiger partial charge in [0.2, 0.25) is 5.91 Å². The van der Waals surface area contributed by atoms with Crippen molar-refractivity contribution in [2.75, 3.05) is 25.5 Å². The third kappa shape index (κ3) is 8.42. The maximum Gasteiger partial charge on any atom is 0.221 e. The van der Waals surface area contributed by atoms with Gasteiger partial charge in [-0.05, 0) is 31.0 Å². The second-order valence-electron chi connectivity index (χ2n) is 5.90. The number of carbonyl (C=O) groups is 1. The molecule has 0 aliphatic rings. The van der Waals surface area contributed by atoms with Gasteiger partial charge in [-0.25, -0.2) is 4.99 Å². The van der Waals surface area contributed by atoms with Crippen molar-refractivity contribution in [3.63, 3.8) is 0 Å². The van der Waals surface area contributed by atoms with Crippen LogP contribution in [-0.2, 0) is 11.3 Å². The number of rotatable bonds is 10. The highest BCUT2D eigenvalue weighted by molar-refractivity contribution is 5.90. The van der Waals surface area contributed by atoms with Gasteiger partial charge in [0.05, 0.1) is 19.3 Å². The van der Waals surface area contributed by atoms with Gasteiger partial charge < -0.3 is 20.7 Å². The summed E-state index contributed by atoms with van der Waals surface area (Å²) in [6.07, 6.45) is 4.89. The predicted octanol–water partition coefficient (Wildman–Crippen LogP) is 3.29. The summed E-state index contributed by atoms with van der Waals surface area (Å²) in [6, 6.07) is 5.70. The molecular formula is C19H32N4O2. The number of nitrogens with zero attached hydrogens (tertiary/aromatic N) is 1. The molecule has 140 valence electrons. The number of methoxy groups -OCH3 is 1. The van der Waals surface area contributed by atoms with Gasteiger partial charge in [0, 0.05) is 20.0 Å². The molecule has 0 aliphatic heterocycles. The molecule has 1 rings (SSSR count). The summed E-state index contributed by atoms with van der Waals surface area (Å²) >= 11 is 0. The van der Waals surface area contributed by atoms with E-state index in [0.717, 1.165) is 31.0 Å². The Hall–Kier alpha value is -2.24. The van der Waals surface area contributed by atoms with Crippen molar-refractivity contribution >= 4 is 17.6 Å². The van der Waals surface area contributed by atoms with Crippen LogP contribution in [-0.4, -0.2) is 32.1 Å². The largest absolute Gasteiger partial charge is 0.495 e. The normalized spacial score (nSPS) is 11.1. The molecule has 0 heterocycles. The number of guanidine groups is 1. The van der Waals surface area contributed by atoms with E-state index in [2.05, 4.69) is 34.8 Å². The lowest BCUT2D eigenvalue weighted by Crippen LogP contribution is -2.37. The van der Waals surface area contributed by atoms with Crippen molar-refractivity contribution < 1.29 is 9.53 Å². The molecule has 0 aliphatic carbocycles. The fourth-order valence-electron chi connectivity index (χ4n) is 2.41. The van der Waals surface area contributed by atoms with Gasteiger partial charge >= 0.3 is 0 Å². The first kappa shape index (κ1) is 20.8. The molecule has 6 heteroatoms. The monoisotopic (exact) mass is 348 g/mol. The average molecular weight is 348 g/mol. The molecule has 25 heavy (non-hydrogen) atoms. The van der Waals surface area contributed by atoms with Crippen LogP contribution in [0.15, 0.2) is 23.2 Å². The number of nitrogens with one attached hydrogen (secondary N) is 3. The van der Waals surface area contributed by atoms with Crippen LogP contribution in [0.4, 0.5) is 5.69 Å². The molecule has 0 saturated heterocycles. The summed E-state index contributed by atoms with van der Waals surface area (Å²) < 4.78 is 5.28. The maximum atomic E-state index is 11.3. The van der Waals surface area contributed by atoms with Crippen molar-refractivity contribution in [2.45, 2.75) is 53.0 Å². The van der Waals surface area contributed by atoms with Gasteiger partial charge in [-0.15, -0.1) is 0 Å². The Labute approximate surface area is 151 Å². The van der Waals surface area contributed by atoms with Crippen LogP contribution in [0.5, 0.6) is 5.75 Å². The average Bonchev–Trinajstić information content (AvgIpc) is 2.59. The van der Waals surface area contributed by atoms with Crippen LogP contribution in [0, 0.1) is 0 Å². The molecule has 1 amide bonds. The number of carbonyl (C=O) groups excluding carboxylic acids is 1. The van der Waals surface area contributed by atoms with Crippen LogP contribution < -0.4 is 20.7 Å². The van der Waals surface area contributed by atoms with Crippen molar-refractivity contribution in [1.82, 2.24) is 10.6 Å². The van der Waals surface area contributed by atoms with Gasteiger partial charge in [-0.1, -0.05) is 32.3 Å². The number of ether oxygens (including phenoxy) is 1. The second-order valence-corrected chi connectivity index (χ2v) is 5.90. The highest BCUT2D eigenvalue weighted by Gasteiger charge is 2.06. The molecule has 0 bridgehead atoms. The molecule has 1 aromatic rings. The Morgan fingerprint density at radius 1 is 1.16 bits per heavy atom. The SMILES string of the molecule is CCCCCCNC(=NCc1ccc(OC)c(NC(C)=O)c1)NCC. The third-order valence-corrected chi connectivity index (χ3v) is 3.66. The molecule has 1 aromatic carbocycles. The van der Waals surface area contributed by atoms with Crippen LogP contribution in [0.2, 0.25) is 0 Å². The molecule has 0 fully saturated rings. The predicted molar refractivity (Wildman–Crippen MR) is 104 cm³/mol. The lowest BCUT2D eigenvalue weighted by atomic mass is 10.2. The van der Waals surface area contributed by atoms with Crippen molar-refractivity contribution in [1.29, 1.82) is 0 Å². The number of anilines is 1. The quantitative estimate of drug-likeness (QED) is 0.345. The minimum Gasteiger partial charge on any atom is -0.495 e. The van der Waals surface area contributed by atoms with E-state index < -0.39 is 0 Å². The summed E-state index contributed by atoms with van der Waals surface area (Å²) in [4.78, 5) is 15.9. The van der Waals surface area contributed by atoms with Gasteiger partial charge in [0.25, 0.3) is 0 Å². The zero-order chi connectivity index (χ0) is 18.5. The van der Waals surface area contributed by atoms with Gasteiger partial charge in [-0.3, -0.25) is 4.79 Å². The van der Waals surface area contributed by atoms with E-state index in [0.29, 0.717) is 18.0 Å². The van der Waals surface area contributed by atoms with E-state index in [4.69, 9.17) is 4.74 Å². The number of unbranched alkanes of at least 4 members (excludes halogenated alkanes) is 3. The summed E-state index contributed by atoms with van der Waals surface area (Å²) in [5.41, 5.74) is 1.67. The summed E-state index contributed by atoms with van der Waals surface area (Å²) in [6.45, 7) is 8.02. The lowest BCUT2D eigenvalue weighted by molar-refractivity contribution is -0.114. The van der Waals surface area contributed by atoms with E-state index >= 15 is 0 Å². The van der Waals surface area contributed by atoms with E-state index in [1.807, 2.05) is 18.2 Å². The first-order valence-corrected chi connectivity index (χ1v) is 9.07. The summed E-state index contributed by atoms with van der Waals surface area (Å²) in [5.74, 6) is 1.33.